The molecule has 2 aromatic rings. The van der Waals surface area contributed by atoms with Gasteiger partial charge in [-0.25, -0.2) is 4.98 Å². The Morgan fingerprint density at radius 1 is 1.57 bits per heavy atom. The van der Waals surface area contributed by atoms with Crippen molar-refractivity contribution in [2.24, 2.45) is 5.92 Å². The number of nitrogens with zero attached hydrogens (tertiary/aromatic N) is 3. The summed E-state index contributed by atoms with van der Waals surface area (Å²) in [5.41, 5.74) is 1.01. The molecular formula is C14H17FN4OS. The Balaban J connectivity index is 1.70. The van der Waals surface area contributed by atoms with Gasteiger partial charge in [0.1, 0.15) is 5.82 Å². The second-order valence-corrected chi connectivity index (χ2v) is 6.19. The van der Waals surface area contributed by atoms with E-state index in [-0.39, 0.29) is 17.7 Å². The molecule has 2 aromatic heterocycles. The van der Waals surface area contributed by atoms with Crippen molar-refractivity contribution in [3.8, 4) is 0 Å². The maximum absolute atomic E-state index is 13.3. The molecule has 21 heavy (non-hydrogen) atoms. The van der Waals surface area contributed by atoms with E-state index in [9.17, 15) is 9.18 Å². The molecule has 0 aromatic carbocycles. The predicted molar refractivity (Wildman–Crippen MR) is 77.9 cm³/mol. The number of hydrogen-bond acceptors (Lipinski definition) is 4. The first-order valence-electron chi connectivity index (χ1n) is 6.91. The van der Waals surface area contributed by atoms with Crippen LogP contribution in [0.3, 0.4) is 0 Å². The SMILES string of the molecule is Cc1nc(C2CN(C(=O)Cc3ccsc3)CC2CF)n[nH]1. The normalized spacial score (nSPS) is 21.9. The number of thiophene rings is 1. The van der Waals surface area contributed by atoms with Gasteiger partial charge in [0, 0.05) is 24.9 Å². The molecule has 3 rings (SSSR count). The highest BCUT2D eigenvalue weighted by Crippen LogP contribution is 2.31. The maximum Gasteiger partial charge on any atom is 0.227 e. The minimum Gasteiger partial charge on any atom is -0.341 e. The van der Waals surface area contributed by atoms with Crippen LogP contribution in [0.15, 0.2) is 16.8 Å². The first-order chi connectivity index (χ1) is 10.2. The number of hydrogen-bond donors (Lipinski definition) is 1. The number of aryl methyl sites for hydroxylation is 1. The van der Waals surface area contributed by atoms with E-state index in [1.807, 2.05) is 23.8 Å². The van der Waals surface area contributed by atoms with Crippen molar-refractivity contribution in [2.75, 3.05) is 19.8 Å². The summed E-state index contributed by atoms with van der Waals surface area (Å²) in [7, 11) is 0. The Kier molecular flexibility index (Phi) is 4.01. The maximum atomic E-state index is 13.3. The summed E-state index contributed by atoms with van der Waals surface area (Å²) in [4.78, 5) is 18.3. The Morgan fingerprint density at radius 2 is 2.43 bits per heavy atom. The quantitative estimate of drug-likeness (QED) is 0.939. The number of halogens is 1. The predicted octanol–water partition coefficient (Wildman–Crippen LogP) is 1.93. The van der Waals surface area contributed by atoms with Gasteiger partial charge < -0.3 is 4.90 Å². The van der Waals surface area contributed by atoms with Crippen LogP contribution in [0, 0.1) is 12.8 Å². The lowest BCUT2D eigenvalue weighted by Crippen LogP contribution is -2.30. The lowest BCUT2D eigenvalue weighted by Gasteiger charge is -2.15. The Hall–Kier alpha value is -1.76. The van der Waals surface area contributed by atoms with Gasteiger partial charge in [-0.15, -0.1) is 0 Å². The van der Waals surface area contributed by atoms with E-state index >= 15 is 0 Å². The van der Waals surface area contributed by atoms with E-state index in [2.05, 4.69) is 15.2 Å². The number of rotatable bonds is 4. The van der Waals surface area contributed by atoms with Gasteiger partial charge in [-0.2, -0.15) is 16.4 Å². The fourth-order valence-electron chi connectivity index (χ4n) is 2.73. The average Bonchev–Trinajstić information content (AvgIpc) is 3.17. The number of likely N-dealkylation sites (tertiary alicyclic amines) is 1. The molecule has 5 nitrogen and oxygen atoms in total. The van der Waals surface area contributed by atoms with Crippen LogP contribution >= 0.6 is 11.3 Å². The van der Waals surface area contributed by atoms with Gasteiger partial charge in [-0.1, -0.05) is 0 Å². The van der Waals surface area contributed by atoms with E-state index in [1.54, 1.807) is 16.2 Å². The molecule has 0 radical (unpaired) electrons. The molecule has 1 saturated heterocycles. The van der Waals surface area contributed by atoms with Gasteiger partial charge in [-0.3, -0.25) is 14.3 Å². The third-order valence-electron chi connectivity index (χ3n) is 3.87. The number of H-pyrrole nitrogens is 1. The first-order valence-corrected chi connectivity index (χ1v) is 7.85. The topological polar surface area (TPSA) is 61.9 Å². The van der Waals surface area contributed by atoms with Gasteiger partial charge >= 0.3 is 0 Å². The summed E-state index contributed by atoms with van der Waals surface area (Å²) < 4.78 is 13.3. The van der Waals surface area contributed by atoms with Crippen LogP contribution in [0.25, 0.3) is 0 Å². The van der Waals surface area contributed by atoms with Gasteiger partial charge in [0.2, 0.25) is 5.91 Å². The molecule has 0 aliphatic carbocycles. The molecule has 0 bridgehead atoms. The molecule has 3 heterocycles. The molecule has 7 heteroatoms. The molecule has 1 aliphatic heterocycles. The number of amides is 1. The zero-order valence-electron chi connectivity index (χ0n) is 11.8. The number of carbonyl (C=O) groups is 1. The fraction of sp³-hybridized carbons (Fsp3) is 0.500. The van der Waals surface area contributed by atoms with Crippen LogP contribution in [0.2, 0.25) is 0 Å². The van der Waals surface area contributed by atoms with E-state index in [0.29, 0.717) is 31.2 Å². The molecule has 1 aliphatic rings. The summed E-state index contributed by atoms with van der Waals surface area (Å²) in [6, 6.07) is 1.95. The van der Waals surface area contributed by atoms with E-state index in [1.165, 1.54) is 0 Å². The Labute approximate surface area is 126 Å². The van der Waals surface area contributed by atoms with Crippen molar-refractivity contribution in [1.29, 1.82) is 0 Å². The van der Waals surface area contributed by atoms with Gasteiger partial charge in [0.25, 0.3) is 0 Å². The monoisotopic (exact) mass is 308 g/mol. The lowest BCUT2D eigenvalue weighted by molar-refractivity contribution is -0.129. The number of aromatic nitrogens is 3. The standard InChI is InChI=1S/C14H17FN4OS/c1-9-16-14(18-17-9)12-7-19(6-11(12)5-15)13(20)4-10-2-3-21-8-10/h2-3,8,11-12H,4-7H2,1H3,(H,16,17,18). The van der Waals surface area contributed by atoms with Crippen molar-refractivity contribution in [2.45, 2.75) is 19.3 Å². The van der Waals surface area contributed by atoms with Crippen molar-refractivity contribution in [3.63, 3.8) is 0 Å². The van der Waals surface area contributed by atoms with Crippen molar-refractivity contribution in [3.05, 3.63) is 34.0 Å². The molecule has 2 atom stereocenters. The summed E-state index contributed by atoms with van der Waals surface area (Å²) in [6.07, 6.45) is 0.377. The second kappa shape index (κ2) is 5.93. The summed E-state index contributed by atoms with van der Waals surface area (Å²) in [5.74, 6) is 1.03. The van der Waals surface area contributed by atoms with E-state index in [0.717, 1.165) is 5.56 Å². The van der Waals surface area contributed by atoms with Crippen molar-refractivity contribution < 1.29 is 9.18 Å². The van der Waals surface area contributed by atoms with Crippen molar-refractivity contribution >= 4 is 17.2 Å². The Morgan fingerprint density at radius 3 is 3.05 bits per heavy atom. The molecule has 112 valence electrons. The summed E-state index contributed by atoms with van der Waals surface area (Å²) in [6.45, 7) is 2.29. The molecule has 1 amide bonds. The first kappa shape index (κ1) is 14.2. The van der Waals surface area contributed by atoms with Crippen LogP contribution in [0.4, 0.5) is 4.39 Å². The molecule has 1 fully saturated rings. The molecule has 1 N–H and O–H groups in total. The fourth-order valence-corrected chi connectivity index (χ4v) is 3.40. The largest absolute Gasteiger partial charge is 0.341 e. The third-order valence-corrected chi connectivity index (χ3v) is 4.61. The zero-order valence-corrected chi connectivity index (χ0v) is 12.6. The number of carbonyl (C=O) groups excluding carboxylic acids is 1. The van der Waals surface area contributed by atoms with Gasteiger partial charge in [-0.05, 0) is 29.3 Å². The second-order valence-electron chi connectivity index (χ2n) is 5.41. The minimum absolute atomic E-state index is 0.0432. The lowest BCUT2D eigenvalue weighted by atomic mass is 9.97. The third kappa shape index (κ3) is 2.97. The van der Waals surface area contributed by atoms with Gasteiger partial charge in [0.05, 0.1) is 13.1 Å². The van der Waals surface area contributed by atoms with Crippen molar-refractivity contribution in [1.82, 2.24) is 20.1 Å². The number of nitrogens with one attached hydrogen (secondary N) is 1. The van der Waals surface area contributed by atoms with Crippen LogP contribution in [-0.4, -0.2) is 45.8 Å². The van der Waals surface area contributed by atoms with Crippen LogP contribution in [-0.2, 0) is 11.2 Å². The molecule has 2 unspecified atom stereocenters. The smallest absolute Gasteiger partial charge is 0.227 e. The zero-order chi connectivity index (χ0) is 14.8. The van der Waals surface area contributed by atoms with Crippen LogP contribution < -0.4 is 0 Å². The molecule has 0 spiro atoms. The summed E-state index contributed by atoms with van der Waals surface area (Å²) >= 11 is 1.57. The van der Waals surface area contributed by atoms with Crippen LogP contribution in [0.5, 0.6) is 0 Å². The van der Waals surface area contributed by atoms with Gasteiger partial charge in [0.15, 0.2) is 5.82 Å². The number of alkyl halides is 1. The van der Waals surface area contributed by atoms with E-state index in [4.69, 9.17) is 0 Å². The highest BCUT2D eigenvalue weighted by molar-refractivity contribution is 7.07. The van der Waals surface area contributed by atoms with Crippen LogP contribution in [0.1, 0.15) is 23.1 Å². The van der Waals surface area contributed by atoms with E-state index < -0.39 is 6.67 Å². The highest BCUT2D eigenvalue weighted by atomic mass is 32.1. The highest BCUT2D eigenvalue weighted by Gasteiger charge is 2.38. The Bertz CT molecular complexity index is 612. The molecule has 0 saturated carbocycles. The average molecular weight is 308 g/mol. The minimum atomic E-state index is -0.458. The summed E-state index contributed by atoms with van der Waals surface area (Å²) in [5, 5.41) is 10.8. The molecular weight excluding hydrogens is 291 g/mol. The number of aromatic amines is 1.